The van der Waals surface area contributed by atoms with Crippen molar-refractivity contribution in [3.63, 3.8) is 0 Å². The third-order valence-electron chi connectivity index (χ3n) is 11.7. The molecule has 0 unspecified atom stereocenters. The highest BCUT2D eigenvalue weighted by atomic mass is 16.4. The van der Waals surface area contributed by atoms with Crippen LogP contribution >= 0.6 is 0 Å². The number of carboxylic acids is 1. The first-order valence-corrected chi connectivity index (χ1v) is 21.6. The molecule has 5 nitrogen and oxygen atoms in total. The number of amides is 1. The minimum absolute atomic E-state index is 0.0218. The normalized spacial score (nSPS) is 11.8. The van der Waals surface area contributed by atoms with Crippen molar-refractivity contribution in [3.05, 3.63) is 70.8 Å². The average Bonchev–Trinajstić information content (AvgIpc) is 3.17. The predicted octanol–water partition coefficient (Wildman–Crippen LogP) is 12.9. The van der Waals surface area contributed by atoms with Crippen LogP contribution < -0.4 is 10.4 Å². The molecule has 0 radical (unpaired) electrons. The number of ketones is 1. The number of aromatic carboxylic acids is 1. The van der Waals surface area contributed by atoms with Crippen molar-refractivity contribution in [2.75, 3.05) is 6.54 Å². The quantitative estimate of drug-likeness (QED) is 0.0266. The van der Waals surface area contributed by atoms with Crippen molar-refractivity contribution in [2.45, 2.75) is 162 Å². The minimum Gasteiger partial charge on any atom is -0.545 e. The molecule has 0 aliphatic rings. The molecule has 0 aliphatic carbocycles. The molecular weight excluding hydrogens is 667 g/mol. The van der Waals surface area contributed by atoms with E-state index in [9.17, 15) is 19.5 Å². The highest BCUT2D eigenvalue weighted by Gasteiger charge is 2.22. The molecule has 0 heterocycles. The fraction of sp³-hybridized carbons (Fsp3) is 0.531. The van der Waals surface area contributed by atoms with E-state index in [4.69, 9.17) is 0 Å². The molecule has 5 heteroatoms. The SMILES string of the molecule is CCCCCCCCCCCCCC(=O)c1ccc2c3ccc(C)c4c(C(=O)NCCCCCCCCCCCC)ccc(c5ccc(C(=O)[O-])c1c52)c43. The van der Waals surface area contributed by atoms with Crippen molar-refractivity contribution >= 4 is 60.7 Å². The molecule has 0 aromatic heterocycles. The first-order valence-electron chi connectivity index (χ1n) is 21.6. The van der Waals surface area contributed by atoms with E-state index in [2.05, 4.69) is 25.2 Å². The number of unbranched alkanes of at least 4 members (excludes halogenated alkanes) is 19. The summed E-state index contributed by atoms with van der Waals surface area (Å²) in [5.74, 6) is -1.37. The average molecular weight is 731 g/mol. The third kappa shape index (κ3) is 10.2. The first kappa shape index (κ1) is 41.2. The van der Waals surface area contributed by atoms with Crippen LogP contribution in [0, 0.1) is 6.92 Å². The molecule has 5 rings (SSSR count). The Balaban J connectivity index is 1.31. The molecule has 0 saturated heterocycles. The van der Waals surface area contributed by atoms with Crippen LogP contribution in [-0.2, 0) is 0 Å². The van der Waals surface area contributed by atoms with E-state index in [0.29, 0.717) is 29.5 Å². The van der Waals surface area contributed by atoms with Crippen molar-refractivity contribution in [1.29, 1.82) is 0 Å². The summed E-state index contributed by atoms with van der Waals surface area (Å²) in [5, 5.41) is 22.6. The molecule has 0 saturated carbocycles. The number of hydrogen-bond donors (Lipinski definition) is 1. The van der Waals surface area contributed by atoms with Crippen molar-refractivity contribution in [2.24, 2.45) is 0 Å². The van der Waals surface area contributed by atoms with E-state index in [1.807, 2.05) is 43.3 Å². The zero-order valence-electron chi connectivity index (χ0n) is 33.5. The zero-order valence-corrected chi connectivity index (χ0v) is 33.5. The van der Waals surface area contributed by atoms with Crippen LogP contribution in [0.2, 0.25) is 0 Å². The van der Waals surface area contributed by atoms with Crippen LogP contribution in [0.25, 0.3) is 43.1 Å². The number of carbonyl (C=O) groups excluding carboxylic acids is 3. The molecule has 0 atom stereocenters. The lowest BCUT2D eigenvalue weighted by Gasteiger charge is -2.20. The Bertz CT molecular complexity index is 1970. The monoisotopic (exact) mass is 730 g/mol. The number of nitrogens with one attached hydrogen (secondary N) is 1. The van der Waals surface area contributed by atoms with Crippen molar-refractivity contribution in [1.82, 2.24) is 5.32 Å². The number of carbonyl (C=O) groups is 3. The van der Waals surface area contributed by atoms with Gasteiger partial charge in [-0.05, 0) is 69.1 Å². The van der Waals surface area contributed by atoms with Crippen LogP contribution in [0.15, 0.2) is 48.5 Å². The molecule has 1 N–H and O–H groups in total. The molecule has 0 bridgehead atoms. The van der Waals surface area contributed by atoms with Gasteiger partial charge in [0.15, 0.2) is 5.78 Å². The maximum Gasteiger partial charge on any atom is 0.251 e. The Labute approximate surface area is 324 Å². The number of benzene rings is 5. The van der Waals surface area contributed by atoms with E-state index >= 15 is 0 Å². The minimum atomic E-state index is -1.28. The molecule has 290 valence electrons. The van der Waals surface area contributed by atoms with Gasteiger partial charge in [-0.2, -0.15) is 0 Å². The Morgan fingerprint density at radius 1 is 0.463 bits per heavy atom. The largest absolute Gasteiger partial charge is 0.545 e. The van der Waals surface area contributed by atoms with Crippen molar-refractivity contribution < 1.29 is 19.5 Å². The van der Waals surface area contributed by atoms with E-state index in [0.717, 1.165) is 75.4 Å². The summed E-state index contributed by atoms with van der Waals surface area (Å²) in [6.45, 7) is 7.20. The number of carboxylic acid groups (broad SMARTS) is 1. The Kier molecular flexibility index (Phi) is 16.2. The van der Waals surface area contributed by atoms with Crippen LogP contribution in [0.1, 0.15) is 192 Å². The van der Waals surface area contributed by atoms with Gasteiger partial charge in [0.25, 0.3) is 5.91 Å². The summed E-state index contributed by atoms with van der Waals surface area (Å²) in [5.41, 5.74) is 2.18. The third-order valence-corrected chi connectivity index (χ3v) is 11.7. The van der Waals surface area contributed by atoms with Crippen LogP contribution in [0.4, 0.5) is 0 Å². The summed E-state index contributed by atoms with van der Waals surface area (Å²) in [4.78, 5) is 40.0. The van der Waals surface area contributed by atoms with Gasteiger partial charge in [-0.15, -0.1) is 0 Å². The highest BCUT2D eigenvalue weighted by molar-refractivity contribution is 6.37. The van der Waals surface area contributed by atoms with Gasteiger partial charge >= 0.3 is 0 Å². The van der Waals surface area contributed by atoms with Gasteiger partial charge in [0.2, 0.25) is 0 Å². The number of aryl methyl sites for hydroxylation is 1. The summed E-state index contributed by atoms with van der Waals surface area (Å²) < 4.78 is 0. The van der Waals surface area contributed by atoms with Gasteiger partial charge in [0.05, 0.1) is 5.97 Å². The van der Waals surface area contributed by atoms with Gasteiger partial charge in [-0.25, -0.2) is 0 Å². The lowest BCUT2D eigenvalue weighted by Crippen LogP contribution is -2.24. The second-order valence-corrected chi connectivity index (χ2v) is 15.8. The second-order valence-electron chi connectivity index (χ2n) is 15.8. The smallest absolute Gasteiger partial charge is 0.251 e. The maximum atomic E-state index is 13.8. The molecule has 54 heavy (non-hydrogen) atoms. The van der Waals surface area contributed by atoms with E-state index in [-0.39, 0.29) is 17.3 Å². The predicted molar refractivity (Wildman–Crippen MR) is 226 cm³/mol. The molecular formula is C49H64NO4-. The van der Waals surface area contributed by atoms with Gasteiger partial charge < -0.3 is 15.2 Å². The topological polar surface area (TPSA) is 86.3 Å². The Morgan fingerprint density at radius 2 is 0.870 bits per heavy atom. The van der Waals surface area contributed by atoms with E-state index < -0.39 is 5.97 Å². The second kappa shape index (κ2) is 21.2. The van der Waals surface area contributed by atoms with Gasteiger partial charge in [0.1, 0.15) is 0 Å². The van der Waals surface area contributed by atoms with Gasteiger partial charge in [-0.3, -0.25) is 9.59 Å². The van der Waals surface area contributed by atoms with E-state index in [1.54, 1.807) is 6.07 Å². The van der Waals surface area contributed by atoms with Gasteiger partial charge in [-0.1, -0.05) is 178 Å². The van der Waals surface area contributed by atoms with Crippen molar-refractivity contribution in [3.8, 4) is 0 Å². The molecule has 5 aromatic rings. The fourth-order valence-electron chi connectivity index (χ4n) is 8.65. The van der Waals surface area contributed by atoms with Crippen LogP contribution in [0.3, 0.4) is 0 Å². The summed E-state index contributed by atoms with van der Waals surface area (Å²) in [6.07, 6.45) is 26.2. The lowest BCUT2D eigenvalue weighted by atomic mass is 9.83. The Morgan fingerprint density at radius 3 is 1.37 bits per heavy atom. The van der Waals surface area contributed by atoms with Crippen LogP contribution in [-0.4, -0.2) is 24.2 Å². The fourth-order valence-corrected chi connectivity index (χ4v) is 8.65. The molecule has 0 aliphatic heterocycles. The maximum absolute atomic E-state index is 13.8. The molecule has 1 amide bonds. The Hall–Kier alpha value is -3.99. The van der Waals surface area contributed by atoms with E-state index in [1.165, 1.54) is 103 Å². The number of Topliss-reactive ketones (excluding diaryl/α,β-unsaturated/α-hetero) is 1. The highest BCUT2D eigenvalue weighted by Crippen LogP contribution is 2.44. The summed E-state index contributed by atoms with van der Waals surface area (Å²) in [6, 6.07) is 15.3. The summed E-state index contributed by atoms with van der Waals surface area (Å²) >= 11 is 0. The molecule has 0 spiro atoms. The zero-order chi connectivity index (χ0) is 38.3. The lowest BCUT2D eigenvalue weighted by molar-refractivity contribution is -0.254. The first-order chi connectivity index (χ1) is 26.4. The number of rotatable bonds is 26. The number of fused-ring (bicyclic) bond motifs is 2. The summed E-state index contributed by atoms with van der Waals surface area (Å²) in [7, 11) is 0. The van der Waals surface area contributed by atoms with Gasteiger partial charge in [0, 0.05) is 35.0 Å². The molecule has 5 aromatic carbocycles. The molecule has 0 fully saturated rings. The van der Waals surface area contributed by atoms with Crippen LogP contribution in [0.5, 0.6) is 0 Å². The number of hydrogen-bond acceptors (Lipinski definition) is 4. The standard InChI is InChI=1S/C49H65NO4/c1-4-6-8-10-12-14-16-17-19-21-23-25-43(51)40-31-28-38-36-27-26-35(3)44-41(48(52)50-34-24-22-20-18-15-13-11-9-7-5-2)32-29-37(45(36)44)39-30-33-42(49(53)54)47(40)46(38)39/h26-33H,4-25,34H2,1-3H3,(H,50,52)(H,53,54)/p-1.